The van der Waals surface area contributed by atoms with Gasteiger partial charge in [0.1, 0.15) is 6.07 Å². The van der Waals surface area contributed by atoms with Crippen molar-refractivity contribution in [2.45, 2.75) is 12.5 Å². The molecule has 2 aliphatic heterocycles. The number of nitriles is 1. The monoisotopic (exact) mass is 291 g/mol. The van der Waals surface area contributed by atoms with Crippen molar-refractivity contribution in [3.8, 4) is 6.07 Å². The third-order valence-corrected chi connectivity index (χ3v) is 4.48. The van der Waals surface area contributed by atoms with Crippen LogP contribution in [0, 0.1) is 11.3 Å². The Morgan fingerprint density at radius 2 is 2.05 bits per heavy atom. The first kappa shape index (κ1) is 13.7. The van der Waals surface area contributed by atoms with Gasteiger partial charge >= 0.3 is 0 Å². The van der Waals surface area contributed by atoms with Crippen LogP contribution >= 0.6 is 11.6 Å². The molecule has 2 heterocycles. The molecule has 1 aromatic carbocycles. The standard InChI is InChI=1S/C15H18ClN3O/c16-15-9-13(2-1-12(15)10-17)19-4-3-14(11-19)18-5-7-20-8-6-18/h1-2,9,14H,3-8,11H2. The molecule has 0 N–H and O–H groups in total. The molecule has 0 radical (unpaired) electrons. The SMILES string of the molecule is N#Cc1ccc(N2CCC(N3CCOCC3)C2)cc1Cl. The summed E-state index contributed by atoms with van der Waals surface area (Å²) in [6, 6.07) is 8.41. The number of ether oxygens (including phenoxy) is 1. The lowest BCUT2D eigenvalue weighted by Gasteiger charge is -2.32. The molecular weight excluding hydrogens is 274 g/mol. The van der Waals surface area contributed by atoms with E-state index >= 15 is 0 Å². The van der Waals surface area contributed by atoms with Crippen molar-refractivity contribution in [3.05, 3.63) is 28.8 Å². The summed E-state index contributed by atoms with van der Waals surface area (Å²) in [5, 5.41) is 9.46. The lowest BCUT2D eigenvalue weighted by Crippen LogP contribution is -2.44. The molecule has 0 spiro atoms. The highest BCUT2D eigenvalue weighted by molar-refractivity contribution is 6.32. The van der Waals surface area contributed by atoms with E-state index < -0.39 is 0 Å². The van der Waals surface area contributed by atoms with Crippen LogP contribution < -0.4 is 4.90 Å². The lowest BCUT2D eigenvalue weighted by atomic mass is 10.2. The van der Waals surface area contributed by atoms with Gasteiger partial charge in [-0.3, -0.25) is 4.90 Å². The fourth-order valence-corrected chi connectivity index (χ4v) is 3.23. The van der Waals surface area contributed by atoms with E-state index in [1.54, 1.807) is 6.07 Å². The van der Waals surface area contributed by atoms with Crippen molar-refractivity contribution in [2.75, 3.05) is 44.3 Å². The smallest absolute Gasteiger partial charge is 0.101 e. The second-order valence-corrected chi connectivity index (χ2v) is 5.72. The molecule has 0 saturated carbocycles. The third kappa shape index (κ3) is 2.76. The molecule has 0 bridgehead atoms. The summed E-state index contributed by atoms with van der Waals surface area (Å²) in [6.07, 6.45) is 1.18. The van der Waals surface area contributed by atoms with Crippen LogP contribution in [0.25, 0.3) is 0 Å². The molecule has 20 heavy (non-hydrogen) atoms. The Morgan fingerprint density at radius 3 is 2.75 bits per heavy atom. The first-order valence-electron chi connectivity index (χ1n) is 7.04. The summed E-state index contributed by atoms with van der Waals surface area (Å²) in [6.45, 7) is 5.84. The van der Waals surface area contributed by atoms with Crippen molar-refractivity contribution < 1.29 is 4.74 Å². The van der Waals surface area contributed by atoms with E-state index in [-0.39, 0.29) is 0 Å². The molecule has 0 aliphatic carbocycles. The van der Waals surface area contributed by atoms with Crippen LogP contribution in [0.3, 0.4) is 0 Å². The number of rotatable bonds is 2. The van der Waals surface area contributed by atoms with Gasteiger partial charge in [0.05, 0.1) is 23.8 Å². The maximum absolute atomic E-state index is 8.92. The maximum atomic E-state index is 8.92. The topological polar surface area (TPSA) is 39.5 Å². The second kappa shape index (κ2) is 6.01. The van der Waals surface area contributed by atoms with Gasteiger partial charge in [-0.25, -0.2) is 0 Å². The summed E-state index contributed by atoms with van der Waals surface area (Å²) < 4.78 is 5.41. The molecule has 1 aromatic rings. The first-order chi connectivity index (χ1) is 9.78. The minimum atomic E-state index is 0.541. The fourth-order valence-electron chi connectivity index (χ4n) is 3.01. The van der Waals surface area contributed by atoms with Crippen LogP contribution in [-0.2, 0) is 4.74 Å². The van der Waals surface area contributed by atoms with Crippen molar-refractivity contribution in [1.29, 1.82) is 5.26 Å². The normalized spacial score (nSPS) is 23.8. The van der Waals surface area contributed by atoms with Crippen LogP contribution in [0.1, 0.15) is 12.0 Å². The Kier molecular flexibility index (Phi) is 4.11. The summed E-state index contributed by atoms with van der Waals surface area (Å²) in [7, 11) is 0. The highest BCUT2D eigenvalue weighted by atomic mass is 35.5. The van der Waals surface area contributed by atoms with E-state index in [9.17, 15) is 0 Å². The average Bonchev–Trinajstić information content (AvgIpc) is 2.98. The molecule has 2 fully saturated rings. The van der Waals surface area contributed by atoms with E-state index in [0.29, 0.717) is 16.6 Å². The third-order valence-electron chi connectivity index (χ3n) is 4.16. The van der Waals surface area contributed by atoms with Gasteiger partial charge in [0.25, 0.3) is 0 Å². The van der Waals surface area contributed by atoms with Gasteiger partial charge in [-0.1, -0.05) is 11.6 Å². The van der Waals surface area contributed by atoms with E-state index in [1.165, 1.54) is 6.42 Å². The van der Waals surface area contributed by atoms with Gasteiger partial charge in [0.15, 0.2) is 0 Å². The molecule has 1 atom stereocenters. The minimum Gasteiger partial charge on any atom is -0.379 e. The summed E-state index contributed by atoms with van der Waals surface area (Å²) in [5.74, 6) is 0. The van der Waals surface area contributed by atoms with Crippen LogP contribution in [0.2, 0.25) is 5.02 Å². The first-order valence-corrected chi connectivity index (χ1v) is 7.42. The van der Waals surface area contributed by atoms with E-state index in [4.69, 9.17) is 21.6 Å². The molecule has 5 heteroatoms. The zero-order valence-corrected chi connectivity index (χ0v) is 12.1. The van der Waals surface area contributed by atoms with Gasteiger partial charge < -0.3 is 9.64 Å². The van der Waals surface area contributed by atoms with Gasteiger partial charge in [0, 0.05) is 37.9 Å². The largest absolute Gasteiger partial charge is 0.379 e. The highest BCUT2D eigenvalue weighted by Gasteiger charge is 2.28. The van der Waals surface area contributed by atoms with Crippen molar-refractivity contribution in [3.63, 3.8) is 0 Å². The second-order valence-electron chi connectivity index (χ2n) is 5.31. The molecule has 4 nitrogen and oxygen atoms in total. The van der Waals surface area contributed by atoms with Crippen molar-refractivity contribution in [2.24, 2.45) is 0 Å². The van der Waals surface area contributed by atoms with E-state index in [0.717, 1.165) is 45.1 Å². The predicted octanol–water partition coefficient (Wildman–Crippen LogP) is 2.12. The van der Waals surface area contributed by atoms with Crippen LogP contribution in [0.4, 0.5) is 5.69 Å². The molecular formula is C15H18ClN3O. The number of nitrogens with zero attached hydrogens (tertiary/aromatic N) is 3. The molecule has 2 aliphatic rings. The van der Waals surface area contributed by atoms with Crippen molar-refractivity contribution >= 4 is 17.3 Å². The zero-order valence-electron chi connectivity index (χ0n) is 11.4. The Morgan fingerprint density at radius 1 is 1.25 bits per heavy atom. The number of anilines is 1. The Balaban J connectivity index is 1.67. The predicted molar refractivity (Wildman–Crippen MR) is 79.2 cm³/mol. The van der Waals surface area contributed by atoms with Gasteiger partial charge in [0.2, 0.25) is 0 Å². The minimum absolute atomic E-state index is 0.541. The number of hydrogen-bond acceptors (Lipinski definition) is 4. The highest BCUT2D eigenvalue weighted by Crippen LogP contribution is 2.27. The number of hydrogen-bond donors (Lipinski definition) is 0. The molecule has 1 unspecified atom stereocenters. The van der Waals surface area contributed by atoms with E-state index in [2.05, 4.69) is 15.9 Å². The van der Waals surface area contributed by atoms with Gasteiger partial charge in [-0.2, -0.15) is 5.26 Å². The van der Waals surface area contributed by atoms with Gasteiger partial charge in [-0.15, -0.1) is 0 Å². The van der Waals surface area contributed by atoms with Crippen molar-refractivity contribution in [1.82, 2.24) is 4.90 Å². The molecule has 0 aromatic heterocycles. The Bertz CT molecular complexity index is 522. The van der Waals surface area contributed by atoms with Gasteiger partial charge in [-0.05, 0) is 24.6 Å². The Labute approximate surface area is 124 Å². The van der Waals surface area contributed by atoms with Crippen LogP contribution in [0.15, 0.2) is 18.2 Å². The number of benzene rings is 1. The molecule has 0 amide bonds. The quantitative estimate of drug-likeness (QED) is 0.837. The molecule has 2 saturated heterocycles. The maximum Gasteiger partial charge on any atom is 0.101 e. The summed E-state index contributed by atoms with van der Waals surface area (Å²) in [4.78, 5) is 4.88. The fraction of sp³-hybridized carbons (Fsp3) is 0.533. The molecule has 3 rings (SSSR count). The summed E-state index contributed by atoms with van der Waals surface area (Å²) in [5.41, 5.74) is 1.66. The van der Waals surface area contributed by atoms with Crippen LogP contribution in [-0.4, -0.2) is 50.3 Å². The van der Waals surface area contributed by atoms with E-state index in [1.807, 2.05) is 12.1 Å². The average molecular weight is 292 g/mol. The zero-order chi connectivity index (χ0) is 13.9. The Hall–Kier alpha value is -1.28. The molecule has 106 valence electrons. The van der Waals surface area contributed by atoms with Crippen LogP contribution in [0.5, 0.6) is 0 Å². The summed E-state index contributed by atoms with van der Waals surface area (Å²) >= 11 is 6.12. The lowest BCUT2D eigenvalue weighted by molar-refractivity contribution is 0.0209. The number of halogens is 1. The number of morpholine rings is 1.